The minimum atomic E-state index is -0.955. The van der Waals surface area contributed by atoms with Gasteiger partial charge in [-0.15, -0.1) is 10.2 Å². The van der Waals surface area contributed by atoms with E-state index in [4.69, 9.17) is 5.73 Å². The molecule has 21 heavy (non-hydrogen) atoms. The first-order chi connectivity index (χ1) is 10.0. The predicted octanol–water partition coefficient (Wildman–Crippen LogP) is 2.46. The molecule has 1 aromatic heterocycles. The monoisotopic (exact) mass is 319 g/mol. The summed E-state index contributed by atoms with van der Waals surface area (Å²) in [4.78, 5) is 1.92. The number of nitriles is 1. The molecule has 7 heteroatoms. The van der Waals surface area contributed by atoms with E-state index in [2.05, 4.69) is 16.3 Å². The van der Waals surface area contributed by atoms with E-state index in [1.54, 1.807) is 11.8 Å². The zero-order chi connectivity index (χ0) is 15.3. The van der Waals surface area contributed by atoms with Crippen molar-refractivity contribution in [1.82, 2.24) is 10.2 Å². The van der Waals surface area contributed by atoms with Gasteiger partial charge in [-0.25, -0.2) is 0 Å². The van der Waals surface area contributed by atoms with Crippen LogP contribution in [0.2, 0.25) is 0 Å². The lowest BCUT2D eigenvalue weighted by Gasteiger charge is -2.21. The molecular formula is C14H17N5S2. The van der Waals surface area contributed by atoms with Crippen LogP contribution in [-0.2, 0) is 5.54 Å². The molecule has 110 valence electrons. The lowest BCUT2D eigenvalue weighted by molar-refractivity contribution is 0.560. The molecule has 0 aliphatic rings. The van der Waals surface area contributed by atoms with Crippen LogP contribution in [-0.4, -0.2) is 30.0 Å². The SMILES string of the molecule is CN(C)c1nnc(SCCC(N)(C#N)c2ccccc2)s1. The van der Waals surface area contributed by atoms with Crippen molar-refractivity contribution in [3.05, 3.63) is 35.9 Å². The molecule has 0 bridgehead atoms. The third-order valence-electron chi connectivity index (χ3n) is 2.99. The van der Waals surface area contributed by atoms with Crippen molar-refractivity contribution < 1.29 is 0 Å². The molecule has 0 radical (unpaired) electrons. The molecule has 2 rings (SSSR count). The average molecular weight is 319 g/mol. The minimum absolute atomic E-state index is 0.565. The van der Waals surface area contributed by atoms with Gasteiger partial charge in [0.15, 0.2) is 4.34 Å². The Kier molecular flexibility index (Phi) is 5.17. The number of aromatic nitrogens is 2. The van der Waals surface area contributed by atoms with E-state index < -0.39 is 5.54 Å². The van der Waals surface area contributed by atoms with Crippen molar-refractivity contribution in [2.75, 3.05) is 24.7 Å². The molecule has 5 nitrogen and oxygen atoms in total. The Morgan fingerprint density at radius 3 is 2.62 bits per heavy atom. The summed E-state index contributed by atoms with van der Waals surface area (Å²) in [5.74, 6) is 0.723. The molecule has 0 spiro atoms. The number of hydrogen-bond acceptors (Lipinski definition) is 7. The second-order valence-electron chi connectivity index (χ2n) is 4.79. The van der Waals surface area contributed by atoms with Crippen molar-refractivity contribution in [1.29, 1.82) is 5.26 Å². The standard InChI is InChI=1S/C14H17N5S2/c1-19(2)12-17-18-13(21-12)20-9-8-14(16,10-15)11-6-4-3-5-7-11/h3-7H,8-9,16H2,1-2H3. The van der Waals surface area contributed by atoms with E-state index >= 15 is 0 Å². The Balaban J connectivity index is 1.96. The second kappa shape index (κ2) is 6.89. The number of nitrogens with two attached hydrogens (primary N) is 1. The van der Waals surface area contributed by atoms with Crippen LogP contribution in [0, 0.1) is 11.3 Å². The maximum Gasteiger partial charge on any atom is 0.208 e. The highest BCUT2D eigenvalue weighted by Crippen LogP contribution is 2.30. The fourth-order valence-corrected chi connectivity index (χ4v) is 3.65. The molecule has 1 heterocycles. The van der Waals surface area contributed by atoms with E-state index in [1.165, 1.54) is 11.3 Å². The third-order valence-corrected chi connectivity index (χ3v) is 5.21. The van der Waals surface area contributed by atoms with Gasteiger partial charge < -0.3 is 10.6 Å². The molecule has 2 N–H and O–H groups in total. The van der Waals surface area contributed by atoms with Gasteiger partial charge in [0, 0.05) is 19.8 Å². The second-order valence-corrected chi connectivity index (χ2v) is 7.09. The van der Waals surface area contributed by atoms with Gasteiger partial charge in [-0.1, -0.05) is 53.4 Å². The highest BCUT2D eigenvalue weighted by molar-refractivity contribution is 8.01. The summed E-state index contributed by atoms with van der Waals surface area (Å²) in [7, 11) is 3.87. The molecule has 1 atom stereocenters. The number of nitrogens with zero attached hydrogens (tertiary/aromatic N) is 4. The lowest BCUT2D eigenvalue weighted by atomic mass is 9.90. The lowest BCUT2D eigenvalue weighted by Crippen LogP contribution is -2.35. The zero-order valence-corrected chi connectivity index (χ0v) is 13.6. The van der Waals surface area contributed by atoms with Crippen LogP contribution in [0.5, 0.6) is 0 Å². The van der Waals surface area contributed by atoms with Crippen LogP contribution in [0.15, 0.2) is 34.7 Å². The van der Waals surface area contributed by atoms with Crippen LogP contribution in [0.25, 0.3) is 0 Å². The Bertz CT molecular complexity index is 620. The Hall–Kier alpha value is -1.62. The number of benzene rings is 1. The van der Waals surface area contributed by atoms with Crippen LogP contribution in [0.4, 0.5) is 5.13 Å². The highest BCUT2D eigenvalue weighted by atomic mass is 32.2. The minimum Gasteiger partial charge on any atom is -0.353 e. The van der Waals surface area contributed by atoms with Crippen LogP contribution in [0.1, 0.15) is 12.0 Å². The molecule has 0 amide bonds. The average Bonchev–Trinajstić information content (AvgIpc) is 2.97. The first kappa shape index (κ1) is 15.8. The van der Waals surface area contributed by atoms with E-state index in [-0.39, 0.29) is 0 Å². The summed E-state index contributed by atoms with van der Waals surface area (Å²) in [6.07, 6.45) is 0.565. The molecule has 0 aliphatic carbocycles. The molecular weight excluding hydrogens is 302 g/mol. The van der Waals surface area contributed by atoms with Gasteiger partial charge in [-0.3, -0.25) is 0 Å². The van der Waals surface area contributed by atoms with Gasteiger partial charge in [0.05, 0.1) is 6.07 Å². The fraction of sp³-hybridized carbons (Fsp3) is 0.357. The normalized spacial score (nSPS) is 13.4. The number of rotatable bonds is 6. The Labute approximate surface area is 132 Å². The summed E-state index contributed by atoms with van der Waals surface area (Å²) in [5.41, 5.74) is 6.11. The molecule has 0 saturated heterocycles. The molecule has 0 aliphatic heterocycles. The van der Waals surface area contributed by atoms with Crippen molar-refractivity contribution in [2.24, 2.45) is 5.73 Å². The first-order valence-electron chi connectivity index (χ1n) is 6.44. The summed E-state index contributed by atoms with van der Waals surface area (Å²) < 4.78 is 0.895. The van der Waals surface area contributed by atoms with E-state index in [1.807, 2.05) is 49.3 Å². The number of anilines is 1. The smallest absolute Gasteiger partial charge is 0.208 e. The molecule has 0 saturated carbocycles. The van der Waals surface area contributed by atoms with Crippen LogP contribution >= 0.6 is 23.1 Å². The molecule has 2 aromatic rings. The van der Waals surface area contributed by atoms with Gasteiger partial charge in [-0.2, -0.15) is 5.26 Å². The molecule has 1 aromatic carbocycles. The first-order valence-corrected chi connectivity index (χ1v) is 8.24. The van der Waals surface area contributed by atoms with E-state index in [9.17, 15) is 5.26 Å². The van der Waals surface area contributed by atoms with Gasteiger partial charge in [0.2, 0.25) is 5.13 Å². The quantitative estimate of drug-likeness (QED) is 0.824. The van der Waals surface area contributed by atoms with Crippen molar-refractivity contribution in [3.8, 4) is 6.07 Å². The summed E-state index contributed by atoms with van der Waals surface area (Å²) >= 11 is 3.12. The maximum absolute atomic E-state index is 9.40. The maximum atomic E-state index is 9.40. The molecule has 1 unspecified atom stereocenters. The fourth-order valence-electron chi connectivity index (χ4n) is 1.74. The van der Waals surface area contributed by atoms with Crippen LogP contribution < -0.4 is 10.6 Å². The summed E-state index contributed by atoms with van der Waals surface area (Å²) in [6.45, 7) is 0. The highest BCUT2D eigenvalue weighted by Gasteiger charge is 2.26. The predicted molar refractivity (Wildman–Crippen MR) is 87.5 cm³/mol. The Morgan fingerprint density at radius 2 is 2.05 bits per heavy atom. The van der Waals surface area contributed by atoms with Crippen molar-refractivity contribution >= 4 is 28.2 Å². The van der Waals surface area contributed by atoms with Crippen molar-refractivity contribution in [2.45, 2.75) is 16.3 Å². The summed E-state index contributed by atoms with van der Waals surface area (Å²) in [6, 6.07) is 11.7. The number of hydrogen-bond donors (Lipinski definition) is 1. The van der Waals surface area contributed by atoms with Gasteiger partial charge in [0.25, 0.3) is 0 Å². The summed E-state index contributed by atoms with van der Waals surface area (Å²) in [5, 5.41) is 18.5. The van der Waals surface area contributed by atoms with Gasteiger partial charge >= 0.3 is 0 Å². The number of thioether (sulfide) groups is 1. The van der Waals surface area contributed by atoms with Crippen LogP contribution in [0.3, 0.4) is 0 Å². The topological polar surface area (TPSA) is 78.8 Å². The third kappa shape index (κ3) is 3.94. The Morgan fingerprint density at radius 1 is 1.33 bits per heavy atom. The zero-order valence-electron chi connectivity index (χ0n) is 12.0. The van der Waals surface area contributed by atoms with E-state index in [0.29, 0.717) is 6.42 Å². The largest absolute Gasteiger partial charge is 0.353 e. The molecule has 0 fully saturated rings. The van der Waals surface area contributed by atoms with Gasteiger partial charge in [0.1, 0.15) is 5.54 Å². The van der Waals surface area contributed by atoms with Crippen molar-refractivity contribution in [3.63, 3.8) is 0 Å². The van der Waals surface area contributed by atoms with Gasteiger partial charge in [-0.05, 0) is 12.0 Å². The van der Waals surface area contributed by atoms with E-state index in [0.717, 1.165) is 20.8 Å².